The number of hydrogen-bond acceptors (Lipinski definition) is 3. The van der Waals surface area contributed by atoms with Crippen molar-refractivity contribution in [3.05, 3.63) is 18.0 Å². The number of likely N-dealkylation sites (N-methyl/N-ethyl adjacent to an activating group) is 1. The summed E-state index contributed by atoms with van der Waals surface area (Å²) in [7, 11) is 4.11. The van der Waals surface area contributed by atoms with Crippen LogP contribution in [0.5, 0.6) is 0 Å². The van der Waals surface area contributed by atoms with E-state index in [9.17, 15) is 0 Å². The average molecular weight is 224 g/mol. The predicted molar refractivity (Wildman–Crippen MR) is 67.2 cm³/mol. The Kier molecular flexibility index (Phi) is 4.10. The highest BCUT2D eigenvalue weighted by Gasteiger charge is 2.31. The van der Waals surface area contributed by atoms with Crippen LogP contribution in [-0.4, -0.2) is 34.3 Å². The Bertz CT molecular complexity index is 328. The van der Waals surface area contributed by atoms with Crippen molar-refractivity contribution in [2.24, 2.45) is 5.73 Å². The van der Waals surface area contributed by atoms with Crippen LogP contribution in [0.2, 0.25) is 0 Å². The molecule has 1 rings (SSSR count). The molecule has 1 unspecified atom stereocenters. The Hall–Kier alpha value is -0.870. The maximum absolute atomic E-state index is 6.35. The molecule has 0 aliphatic rings. The van der Waals surface area contributed by atoms with Crippen molar-refractivity contribution in [2.45, 2.75) is 45.3 Å². The molecule has 0 saturated heterocycles. The van der Waals surface area contributed by atoms with Gasteiger partial charge in [-0.2, -0.15) is 5.10 Å². The molecule has 1 aromatic heterocycles. The summed E-state index contributed by atoms with van der Waals surface area (Å²) >= 11 is 0. The molecular formula is C12H24N4. The summed E-state index contributed by atoms with van der Waals surface area (Å²) in [6.45, 7) is 7.38. The van der Waals surface area contributed by atoms with Gasteiger partial charge in [0.1, 0.15) is 0 Å². The standard InChI is InChI=1S/C12H24N4/c1-6-9-16-10(7-8-14-16)11(13)12(2,3)15(4)5/h7-8,11H,6,9,13H2,1-5H3. The van der Waals surface area contributed by atoms with Gasteiger partial charge in [0.05, 0.1) is 11.7 Å². The monoisotopic (exact) mass is 224 g/mol. The lowest BCUT2D eigenvalue weighted by Crippen LogP contribution is -2.48. The van der Waals surface area contributed by atoms with Gasteiger partial charge in [-0.25, -0.2) is 0 Å². The summed E-state index contributed by atoms with van der Waals surface area (Å²) in [6, 6.07) is 1.99. The molecule has 16 heavy (non-hydrogen) atoms. The van der Waals surface area contributed by atoms with E-state index in [0.29, 0.717) is 0 Å². The highest BCUT2D eigenvalue weighted by molar-refractivity contribution is 5.12. The number of aromatic nitrogens is 2. The Morgan fingerprint density at radius 3 is 2.62 bits per heavy atom. The number of aryl methyl sites for hydroxylation is 1. The van der Waals surface area contributed by atoms with Crippen LogP contribution in [-0.2, 0) is 6.54 Å². The zero-order valence-corrected chi connectivity index (χ0v) is 11.1. The molecule has 92 valence electrons. The van der Waals surface area contributed by atoms with Gasteiger partial charge in [0.2, 0.25) is 0 Å². The van der Waals surface area contributed by atoms with Crippen molar-refractivity contribution in [3.8, 4) is 0 Å². The molecule has 2 N–H and O–H groups in total. The summed E-state index contributed by atoms with van der Waals surface area (Å²) in [6.07, 6.45) is 2.90. The second-order valence-electron chi connectivity index (χ2n) is 5.00. The highest BCUT2D eigenvalue weighted by atomic mass is 15.3. The van der Waals surface area contributed by atoms with Gasteiger partial charge in [0.25, 0.3) is 0 Å². The van der Waals surface area contributed by atoms with Gasteiger partial charge in [-0.1, -0.05) is 6.92 Å². The molecule has 4 nitrogen and oxygen atoms in total. The minimum atomic E-state index is -0.0779. The van der Waals surface area contributed by atoms with Crippen LogP contribution < -0.4 is 5.73 Å². The smallest absolute Gasteiger partial charge is 0.0648 e. The third kappa shape index (κ3) is 2.44. The molecule has 1 heterocycles. The zero-order chi connectivity index (χ0) is 12.3. The first-order valence-electron chi connectivity index (χ1n) is 5.86. The van der Waals surface area contributed by atoms with Crippen molar-refractivity contribution < 1.29 is 0 Å². The van der Waals surface area contributed by atoms with Crippen LogP contribution >= 0.6 is 0 Å². The van der Waals surface area contributed by atoms with Gasteiger partial charge in [0, 0.05) is 18.3 Å². The molecule has 0 radical (unpaired) electrons. The van der Waals surface area contributed by atoms with Crippen molar-refractivity contribution in [1.82, 2.24) is 14.7 Å². The Morgan fingerprint density at radius 1 is 1.50 bits per heavy atom. The van der Waals surface area contributed by atoms with E-state index in [-0.39, 0.29) is 11.6 Å². The Morgan fingerprint density at radius 2 is 2.12 bits per heavy atom. The molecule has 0 aromatic carbocycles. The third-order valence-electron chi connectivity index (χ3n) is 3.42. The first kappa shape index (κ1) is 13.2. The van der Waals surface area contributed by atoms with E-state index in [4.69, 9.17) is 5.73 Å². The quantitative estimate of drug-likeness (QED) is 0.827. The van der Waals surface area contributed by atoms with E-state index in [1.807, 2.05) is 16.9 Å². The molecule has 0 bridgehead atoms. The van der Waals surface area contributed by atoms with Crippen molar-refractivity contribution >= 4 is 0 Å². The molecule has 0 saturated carbocycles. The normalized spacial score (nSPS) is 14.4. The second kappa shape index (κ2) is 4.97. The van der Waals surface area contributed by atoms with Crippen LogP contribution in [0.3, 0.4) is 0 Å². The van der Waals surface area contributed by atoms with Gasteiger partial charge in [-0.15, -0.1) is 0 Å². The lowest BCUT2D eigenvalue weighted by molar-refractivity contribution is 0.154. The summed E-state index contributed by atoms with van der Waals surface area (Å²) in [5.41, 5.74) is 7.38. The van der Waals surface area contributed by atoms with E-state index in [1.54, 1.807) is 0 Å². The molecule has 1 aromatic rings. The number of hydrogen-bond donors (Lipinski definition) is 1. The summed E-state index contributed by atoms with van der Waals surface area (Å²) in [5, 5.41) is 4.32. The van der Waals surface area contributed by atoms with Crippen LogP contribution in [0.4, 0.5) is 0 Å². The van der Waals surface area contributed by atoms with E-state index >= 15 is 0 Å². The predicted octanol–water partition coefficient (Wildman–Crippen LogP) is 1.63. The van der Waals surface area contributed by atoms with Gasteiger partial charge in [0.15, 0.2) is 0 Å². The maximum atomic E-state index is 6.35. The van der Waals surface area contributed by atoms with Crippen LogP contribution in [0.15, 0.2) is 12.3 Å². The fourth-order valence-corrected chi connectivity index (χ4v) is 1.65. The topological polar surface area (TPSA) is 47.1 Å². The summed E-state index contributed by atoms with van der Waals surface area (Å²) in [5.74, 6) is 0. The summed E-state index contributed by atoms with van der Waals surface area (Å²) in [4.78, 5) is 2.15. The number of nitrogens with two attached hydrogens (primary N) is 1. The molecule has 0 spiro atoms. The molecule has 4 heteroatoms. The van der Waals surface area contributed by atoms with Crippen molar-refractivity contribution in [3.63, 3.8) is 0 Å². The third-order valence-corrected chi connectivity index (χ3v) is 3.42. The molecule has 0 fully saturated rings. The van der Waals surface area contributed by atoms with E-state index in [0.717, 1.165) is 18.7 Å². The number of nitrogens with zero attached hydrogens (tertiary/aromatic N) is 3. The number of rotatable bonds is 5. The van der Waals surface area contributed by atoms with Gasteiger partial charge < -0.3 is 10.6 Å². The Labute approximate surface area is 98.4 Å². The molecule has 0 aliphatic heterocycles. The van der Waals surface area contributed by atoms with Crippen molar-refractivity contribution in [1.29, 1.82) is 0 Å². The van der Waals surface area contributed by atoms with Crippen LogP contribution in [0, 0.1) is 0 Å². The maximum Gasteiger partial charge on any atom is 0.0648 e. The minimum absolute atomic E-state index is 0.0310. The SMILES string of the molecule is CCCn1nccc1C(N)C(C)(C)N(C)C. The molecule has 0 amide bonds. The van der Waals surface area contributed by atoms with Crippen molar-refractivity contribution in [2.75, 3.05) is 14.1 Å². The van der Waals surface area contributed by atoms with Gasteiger partial charge in [-0.05, 0) is 40.4 Å². The minimum Gasteiger partial charge on any atom is -0.321 e. The zero-order valence-electron chi connectivity index (χ0n) is 11.1. The lowest BCUT2D eigenvalue weighted by Gasteiger charge is -2.38. The fraction of sp³-hybridized carbons (Fsp3) is 0.750. The first-order chi connectivity index (χ1) is 7.41. The summed E-state index contributed by atoms with van der Waals surface area (Å²) < 4.78 is 2.01. The largest absolute Gasteiger partial charge is 0.321 e. The van der Waals surface area contributed by atoms with E-state index in [2.05, 4.69) is 44.9 Å². The molecule has 0 aliphatic carbocycles. The molecule has 1 atom stereocenters. The van der Waals surface area contributed by atoms with Gasteiger partial charge >= 0.3 is 0 Å². The Balaban J connectivity index is 2.95. The first-order valence-corrected chi connectivity index (χ1v) is 5.86. The second-order valence-corrected chi connectivity index (χ2v) is 5.00. The fourth-order valence-electron chi connectivity index (χ4n) is 1.65. The highest BCUT2D eigenvalue weighted by Crippen LogP contribution is 2.26. The van der Waals surface area contributed by atoms with Gasteiger partial charge in [-0.3, -0.25) is 4.68 Å². The van der Waals surface area contributed by atoms with E-state index < -0.39 is 0 Å². The van der Waals surface area contributed by atoms with E-state index in [1.165, 1.54) is 0 Å². The van der Waals surface area contributed by atoms with Crippen LogP contribution in [0.1, 0.15) is 38.9 Å². The lowest BCUT2D eigenvalue weighted by atomic mass is 9.91. The average Bonchev–Trinajstić information content (AvgIpc) is 2.65. The van der Waals surface area contributed by atoms with Crippen LogP contribution in [0.25, 0.3) is 0 Å². The molecular weight excluding hydrogens is 200 g/mol.